The lowest BCUT2D eigenvalue weighted by Crippen LogP contribution is -2.69. The summed E-state index contributed by atoms with van der Waals surface area (Å²) in [5.74, 6) is -5.00. The fourth-order valence-electron chi connectivity index (χ4n) is 19.8. The van der Waals surface area contributed by atoms with E-state index in [-0.39, 0.29) is 264 Å². The summed E-state index contributed by atoms with van der Waals surface area (Å²) in [6.07, 6.45) is 2.11. The third-order valence-corrected chi connectivity index (χ3v) is 428. The van der Waals surface area contributed by atoms with Gasteiger partial charge in [-0.3, -0.25) is 9.59 Å². The molecule has 4 N–H and O–H groups in total. The molecular formula is C60H137F2N6O14P61. The number of imide groups is 1. The molecule has 143 heavy (non-hydrogen) atoms. The Morgan fingerprint density at radius 2 is 0.762 bits per heavy atom. The van der Waals surface area contributed by atoms with Crippen LogP contribution < -0.4 is 16.3 Å². The molecule has 11 rings (SSSR count). The number of amides is 4. The number of nitrogens with zero attached hydrogens (tertiary/aromatic N) is 6. The van der Waals surface area contributed by atoms with Crippen LogP contribution in [-0.2, 0) is 41.7 Å². The number of azo groups is 1. The van der Waals surface area contributed by atoms with Crippen LogP contribution in [0.15, 0.2) is 117 Å². The number of ether oxygens (including phenoxy) is 2. The van der Waals surface area contributed by atoms with Gasteiger partial charge in [0.2, 0.25) is 0 Å². The van der Waals surface area contributed by atoms with Gasteiger partial charge in [-0.25, -0.2) is 56.4 Å². The maximum atomic E-state index is 13.7. The van der Waals surface area contributed by atoms with Gasteiger partial charge in [0.05, 0.1) is 24.5 Å². The normalized spacial score (nSPS) is 28.2. The van der Waals surface area contributed by atoms with Crippen molar-refractivity contribution in [3.05, 3.63) is 118 Å². The van der Waals surface area contributed by atoms with Crippen molar-refractivity contribution < 1.29 is 67.4 Å². The summed E-state index contributed by atoms with van der Waals surface area (Å²) in [7, 11) is 107. The molecule has 35 unspecified atom stereocenters. The van der Waals surface area contributed by atoms with Gasteiger partial charge in [-0.2, -0.15) is 0 Å². The SMILES string of the molecule is C=CC(=C)[C@@H]1C[C@@H](OC(=O)CF)[C@]2(C)[C@H](C)CC[C@]3(C[C@H](O)C(=O)[C@]32O)[C@H]1C.C[C@@H]1CC[C@@]23C[C@H](O)C(=O)[C@@]2(O)[C@]1(C)[C@H](OC(=O)CF)C[C@@H](C1=CCn2c(=O)n(-c4ccccc4)c(=O)n2C1)[C@@H]3C.O=C1N=NC(=O)N1c1ccccc1.PP(P)P(P(P)P)P(P(P(P)P)P(P)P)P(P(P)P)P(P)P.PPP(P)P(P(P)P)P(P(P(P(P)P)P(P)P)P(P(P)P)P(P)P)P(P(P(P)P)P(P)P)P(P(P)P)P(P)P. The van der Waals surface area contributed by atoms with Crippen molar-refractivity contribution >= 4 is 531 Å². The molecule has 6 fully saturated rings. The standard InChI is InChI=1S/C30H36FN3O7.C22H31FO5.C8H5N3O2.H41P39.H24P22/c1-17-9-11-29-14-22(35)25(37)30(29,40)28(17,3)23(41-24(36)15-31)13-21(18(29)2)19-10-12-32-26(38)34(27(39)33(32)16-19)20-7-5-4-6-8-20;1-6-12(2)15-9-17(28-18(25)11-23)20(5)13(3)7-8-21(14(15)4)10-16(24)19(26)22(20,21)27;12-7-9-10-8(13)11(7)6-4-2-1-3-5-6;1-21-31(20)36(30(18)19)39(37(32(22(2)3)23(4)5)33(24(6)7)25(8)9)38(34(26(10)11)27(12)13)35(28(14)15)29(16)17;1-13(2)19(14(3)4)22(20(15(5)6)16(7)8)21(17(9)10)18(11)12/h4-8,10,17-18,21-23,35,40H,9,11-16H2,1-3H3;6,13-17,24,27H,1-2,7-11H2,3-5H3;1-5H;21H,1-20H2;1-12H2/t17-,18+,21-,22+,23-,28+,29+,30-;13-,14+,15+,16+,17-,20+,21+,22-;;;/m11.../s1. The molecule has 6 aliphatic carbocycles. The second kappa shape index (κ2) is 68.4. The van der Waals surface area contributed by atoms with Gasteiger partial charge in [-0.1, -0.05) is 127 Å². The second-order valence-electron chi connectivity index (χ2n) is 33.6. The topological polar surface area (TPSA) is 279 Å². The van der Waals surface area contributed by atoms with Crippen LogP contribution in [0.4, 0.5) is 24.1 Å². The highest BCUT2D eigenvalue weighted by molar-refractivity contribution is 9.48. The molecule has 83 heteroatoms. The van der Waals surface area contributed by atoms with E-state index in [0.29, 0.717) is 43.5 Å². The number of esters is 2. The molecule has 4 amide bonds. The number of Topliss-reactive ketones (excluding diaryl/α,β-unsaturated/α-hetero) is 2. The predicted molar refractivity (Wildman–Crippen MR) is 804 cm³/mol. The number of anilines is 1. The van der Waals surface area contributed by atoms with Crippen molar-refractivity contribution in [3.8, 4) is 5.69 Å². The van der Waals surface area contributed by atoms with Crippen LogP contribution in [0.1, 0.15) is 92.9 Å². The van der Waals surface area contributed by atoms with Gasteiger partial charge < -0.3 is 29.9 Å². The summed E-state index contributed by atoms with van der Waals surface area (Å²) in [4.78, 5) is 101. The van der Waals surface area contributed by atoms with Crippen molar-refractivity contribution in [2.45, 2.75) is 142 Å². The summed E-state index contributed by atoms with van der Waals surface area (Å²) in [6, 6.07) is 15.9. The Hall–Kier alpha value is 19.3. The Kier molecular flexibility index (Phi) is 71.3. The van der Waals surface area contributed by atoms with E-state index in [9.17, 15) is 67.6 Å². The van der Waals surface area contributed by atoms with Crippen molar-refractivity contribution in [1.82, 2.24) is 13.9 Å². The molecule has 1 aromatic heterocycles. The molecule has 20 nitrogen and oxygen atoms in total. The largest absolute Gasteiger partial charge is 0.460 e. The number of aliphatic hydroxyl groups excluding tert-OH is 2. The van der Waals surface area contributed by atoms with Gasteiger partial charge in [0.1, 0.15) is 35.6 Å². The number of aromatic nitrogens is 3. The van der Waals surface area contributed by atoms with Crippen LogP contribution in [-0.4, -0.2) is 119 Å². The molecule has 51 atom stereocenters. The summed E-state index contributed by atoms with van der Waals surface area (Å²) in [5, 5.41) is 52.3. The minimum absolute atomic E-state index is 0.00720. The Balaban J connectivity index is 0.000000253. The fourth-order valence-corrected chi connectivity index (χ4v) is 825. The van der Waals surface area contributed by atoms with Crippen LogP contribution in [0.2, 0.25) is 0 Å². The number of aliphatic hydroxyl groups is 4. The number of halogens is 2. The Morgan fingerprint density at radius 3 is 1.08 bits per heavy atom. The number of rotatable bonds is 36. The van der Waals surface area contributed by atoms with Crippen molar-refractivity contribution in [3.63, 3.8) is 0 Å². The minimum Gasteiger partial charge on any atom is -0.460 e. The molecule has 2 aliphatic heterocycles. The number of fused-ring (bicyclic) bond motifs is 1. The number of hydrogen-bond acceptors (Lipinski definition) is 14. The molecule has 3 heterocycles. The van der Waals surface area contributed by atoms with Crippen molar-refractivity contribution in [2.75, 3.05) is 18.2 Å². The zero-order valence-electron chi connectivity index (χ0n) is 78.4. The van der Waals surface area contributed by atoms with Gasteiger partial charge in [0.25, 0.3) is 0 Å². The number of benzene rings is 2. The Labute approximate surface area is 952 Å². The number of allylic oxidation sites excluding steroid dienone is 4. The number of carbonyl (C=O) groups is 6. The fraction of sp³-hybridized carbons (Fsp3) is 0.567. The Morgan fingerprint density at radius 1 is 0.462 bits per heavy atom. The first kappa shape index (κ1) is 149. The summed E-state index contributed by atoms with van der Waals surface area (Å²) in [5.41, 5.74) is -6.66. The smallest absolute Gasteiger partial charge is 0.375 e. The van der Waals surface area contributed by atoms with Gasteiger partial charge >= 0.3 is 35.4 Å². The van der Waals surface area contributed by atoms with Crippen molar-refractivity contribution in [2.24, 2.45) is 67.4 Å². The second-order valence-corrected chi connectivity index (χ2v) is 278. The molecule has 0 radical (unpaired) electrons. The molecule has 2 aromatic carbocycles. The summed E-state index contributed by atoms with van der Waals surface area (Å²) >= 11 is 0. The van der Waals surface area contributed by atoms with E-state index in [4.69, 9.17) is 9.47 Å². The quantitative estimate of drug-likeness (QED) is 0.0182. The summed E-state index contributed by atoms with van der Waals surface area (Å²) < 4.78 is 41.6. The highest BCUT2D eigenvalue weighted by Crippen LogP contribution is 3.43. The number of alkyl halides is 2. The van der Waals surface area contributed by atoms with E-state index >= 15 is 0 Å². The number of urea groups is 2. The van der Waals surface area contributed by atoms with Crippen LogP contribution in [0.5, 0.6) is 0 Å². The van der Waals surface area contributed by atoms with Crippen LogP contribution in [0.3, 0.4) is 0 Å². The minimum atomic E-state index is -2.00. The average molecular weight is 3090 g/mol. The lowest BCUT2D eigenvalue weighted by Gasteiger charge is -2.60. The van der Waals surface area contributed by atoms with E-state index in [0.717, 1.165) is 28.6 Å². The molecular weight excluding hydrogens is 2960 g/mol. The lowest BCUT2D eigenvalue weighted by molar-refractivity contribution is -0.235. The zero-order chi connectivity index (χ0) is 109. The summed E-state index contributed by atoms with van der Waals surface area (Å²) in [6.45, 7) is 15.9. The molecule has 4 bridgehead atoms. The van der Waals surface area contributed by atoms with E-state index < -0.39 is 118 Å². The number of hydrogen-bond donors (Lipinski definition) is 4. The average Bonchev–Trinajstić information content (AvgIpc) is 1.51. The first-order valence-electron chi connectivity index (χ1n) is 41.7. The maximum Gasteiger partial charge on any atom is 0.375 e. The zero-order valence-corrected chi connectivity index (χ0v) is 141. The van der Waals surface area contributed by atoms with Gasteiger partial charge in [0, 0.05) is 21.7 Å². The lowest BCUT2D eigenvalue weighted by atomic mass is 9.46. The van der Waals surface area contributed by atoms with Gasteiger partial charge in [-0.05, 0) is 312 Å². The van der Waals surface area contributed by atoms with Gasteiger partial charge in [-0.15, -0.1) is 286 Å². The molecule has 6 saturated carbocycles. The number of ketones is 2. The predicted octanol–water partition coefficient (Wildman–Crippen LogP) is 41.9. The van der Waals surface area contributed by atoms with Crippen LogP contribution in [0, 0.1) is 57.2 Å². The van der Waals surface area contributed by atoms with E-state index in [1.807, 2.05) is 33.8 Å². The van der Waals surface area contributed by atoms with Crippen molar-refractivity contribution in [1.29, 1.82) is 0 Å². The van der Waals surface area contributed by atoms with E-state index in [1.165, 1.54) is 9.36 Å². The molecule has 810 valence electrons. The van der Waals surface area contributed by atoms with E-state index in [1.54, 1.807) is 80.6 Å². The molecule has 0 spiro atoms. The third-order valence-electron chi connectivity index (χ3n) is 26.4. The third kappa shape index (κ3) is 34.8. The first-order valence-corrected chi connectivity index (χ1v) is 151. The van der Waals surface area contributed by atoms with E-state index in [2.05, 4.69) is 309 Å². The number of carbonyl (C=O) groups excluding carboxylic acids is 6. The molecule has 8 aliphatic rings. The monoisotopic (exact) mass is 3090 g/mol. The first-order chi connectivity index (χ1) is 66.4. The van der Waals surface area contributed by atoms with Crippen LogP contribution >= 0.6 is 489 Å². The molecule has 0 saturated heterocycles. The van der Waals surface area contributed by atoms with Gasteiger partial charge in [0.15, 0.2) is 24.9 Å². The maximum absolute atomic E-state index is 13.7. The van der Waals surface area contributed by atoms with Crippen LogP contribution in [0.25, 0.3) is 5.69 Å². The molecule has 3 aromatic rings. The number of para-hydroxylation sites is 2. The Bertz CT molecular complexity index is 4800. The highest BCUT2D eigenvalue weighted by Gasteiger charge is 2.81. The highest BCUT2D eigenvalue weighted by atomic mass is 33.5.